The van der Waals surface area contributed by atoms with Gasteiger partial charge in [-0.3, -0.25) is 9.59 Å². The highest BCUT2D eigenvalue weighted by Gasteiger charge is 2.46. The zero-order chi connectivity index (χ0) is 15.3. The maximum Gasteiger partial charge on any atom is 0.303 e. The van der Waals surface area contributed by atoms with Crippen molar-refractivity contribution in [3.63, 3.8) is 0 Å². The molecular formula is C13H20O7. The molecule has 5 unspecified atom stereocenters. The lowest BCUT2D eigenvalue weighted by Crippen LogP contribution is -2.59. The Bertz CT molecular complexity index is 366. The Morgan fingerprint density at radius 1 is 1.20 bits per heavy atom. The summed E-state index contributed by atoms with van der Waals surface area (Å²) in [5.74, 6) is -1.10. The van der Waals surface area contributed by atoms with E-state index in [1.165, 1.54) is 13.8 Å². The molecular weight excluding hydrogens is 268 g/mol. The van der Waals surface area contributed by atoms with Gasteiger partial charge in [-0.2, -0.15) is 0 Å². The Morgan fingerprint density at radius 3 is 2.35 bits per heavy atom. The van der Waals surface area contributed by atoms with Gasteiger partial charge in [-0.05, 0) is 6.42 Å². The maximum atomic E-state index is 11.0. The fraction of sp³-hybridized carbons (Fsp3) is 0.692. The van der Waals surface area contributed by atoms with E-state index in [4.69, 9.17) is 14.2 Å². The van der Waals surface area contributed by atoms with Gasteiger partial charge in [0.15, 0.2) is 6.10 Å². The lowest BCUT2D eigenvalue weighted by atomic mass is 9.93. The molecule has 1 heterocycles. The second-order valence-corrected chi connectivity index (χ2v) is 4.60. The van der Waals surface area contributed by atoms with Crippen LogP contribution in [0, 0.1) is 0 Å². The van der Waals surface area contributed by atoms with Crippen LogP contribution < -0.4 is 0 Å². The quantitative estimate of drug-likeness (QED) is 0.521. The minimum absolute atomic E-state index is 0.187. The van der Waals surface area contributed by atoms with Crippen molar-refractivity contribution >= 4 is 11.9 Å². The van der Waals surface area contributed by atoms with Crippen LogP contribution in [0.4, 0.5) is 0 Å². The molecule has 2 N–H and O–H groups in total. The Hall–Kier alpha value is -1.44. The summed E-state index contributed by atoms with van der Waals surface area (Å²) < 4.78 is 15.3. The summed E-state index contributed by atoms with van der Waals surface area (Å²) in [7, 11) is 0. The molecule has 0 aromatic heterocycles. The molecule has 0 aromatic carbocycles. The van der Waals surface area contributed by atoms with E-state index in [9.17, 15) is 19.8 Å². The molecule has 0 aliphatic carbocycles. The van der Waals surface area contributed by atoms with E-state index in [-0.39, 0.29) is 6.61 Å². The van der Waals surface area contributed by atoms with Crippen molar-refractivity contribution in [2.45, 2.75) is 50.8 Å². The topological polar surface area (TPSA) is 102 Å². The third-order valence-electron chi connectivity index (χ3n) is 2.94. The van der Waals surface area contributed by atoms with Gasteiger partial charge < -0.3 is 24.4 Å². The van der Waals surface area contributed by atoms with Gasteiger partial charge in [0.25, 0.3) is 0 Å². The van der Waals surface area contributed by atoms with Crippen LogP contribution in [0.2, 0.25) is 0 Å². The van der Waals surface area contributed by atoms with E-state index in [2.05, 4.69) is 6.58 Å². The van der Waals surface area contributed by atoms with Crippen LogP contribution in [-0.2, 0) is 23.8 Å². The average molecular weight is 288 g/mol. The Morgan fingerprint density at radius 2 is 1.85 bits per heavy atom. The zero-order valence-corrected chi connectivity index (χ0v) is 11.5. The molecule has 0 aromatic rings. The van der Waals surface area contributed by atoms with Crippen molar-refractivity contribution in [2.75, 3.05) is 6.61 Å². The monoisotopic (exact) mass is 288 g/mol. The Labute approximate surface area is 117 Å². The van der Waals surface area contributed by atoms with Crippen LogP contribution in [0.5, 0.6) is 0 Å². The maximum absolute atomic E-state index is 11.0. The van der Waals surface area contributed by atoms with Crippen molar-refractivity contribution in [3.05, 3.63) is 12.7 Å². The average Bonchev–Trinajstić information content (AvgIpc) is 2.36. The first-order chi connectivity index (χ1) is 9.36. The van der Waals surface area contributed by atoms with Gasteiger partial charge in [0.2, 0.25) is 0 Å². The van der Waals surface area contributed by atoms with Crippen molar-refractivity contribution in [2.24, 2.45) is 0 Å². The number of carbonyl (C=O) groups excluding carboxylic acids is 2. The van der Waals surface area contributed by atoms with Crippen LogP contribution in [0.25, 0.3) is 0 Å². The van der Waals surface area contributed by atoms with Gasteiger partial charge in [-0.1, -0.05) is 6.08 Å². The SMILES string of the molecule is C=CCC1OC(COC(C)=O)C(O)C(O)C1OC(C)=O. The first-order valence-electron chi connectivity index (χ1n) is 6.30. The predicted octanol–water partition coefficient (Wildman–Crippen LogP) is -0.454. The van der Waals surface area contributed by atoms with E-state index in [0.29, 0.717) is 6.42 Å². The molecule has 1 aliphatic heterocycles. The fourth-order valence-corrected chi connectivity index (χ4v) is 2.05. The standard InChI is InChI=1S/C13H20O7/c1-4-5-9-13(19-8(3)15)12(17)11(16)10(20-9)6-18-7(2)14/h4,9-13,16-17H,1,5-6H2,2-3H3. The second-order valence-electron chi connectivity index (χ2n) is 4.60. The number of ether oxygens (including phenoxy) is 3. The molecule has 1 fully saturated rings. The number of rotatable bonds is 5. The highest BCUT2D eigenvalue weighted by molar-refractivity contribution is 5.66. The van der Waals surface area contributed by atoms with Crippen LogP contribution >= 0.6 is 0 Å². The largest absolute Gasteiger partial charge is 0.463 e. The molecule has 7 heteroatoms. The van der Waals surface area contributed by atoms with E-state index >= 15 is 0 Å². The zero-order valence-electron chi connectivity index (χ0n) is 11.5. The first-order valence-corrected chi connectivity index (χ1v) is 6.30. The molecule has 0 saturated carbocycles. The summed E-state index contributed by atoms with van der Waals surface area (Å²) in [5.41, 5.74) is 0. The molecule has 1 saturated heterocycles. The summed E-state index contributed by atoms with van der Waals surface area (Å²) in [4.78, 5) is 21.8. The van der Waals surface area contributed by atoms with Crippen molar-refractivity contribution in [1.29, 1.82) is 0 Å². The lowest BCUT2D eigenvalue weighted by molar-refractivity contribution is -0.239. The number of aliphatic hydroxyl groups excluding tert-OH is 2. The van der Waals surface area contributed by atoms with Crippen molar-refractivity contribution in [1.82, 2.24) is 0 Å². The third kappa shape index (κ3) is 4.29. The van der Waals surface area contributed by atoms with E-state index in [1.807, 2.05) is 0 Å². The Balaban J connectivity index is 2.79. The molecule has 114 valence electrons. The summed E-state index contributed by atoms with van der Waals surface area (Å²) in [6.07, 6.45) is -3.31. The molecule has 0 spiro atoms. The molecule has 0 radical (unpaired) electrons. The van der Waals surface area contributed by atoms with Gasteiger partial charge in [0, 0.05) is 13.8 Å². The Kier molecular flexibility index (Phi) is 6.12. The van der Waals surface area contributed by atoms with E-state index < -0.39 is 42.5 Å². The predicted molar refractivity (Wildman–Crippen MR) is 67.7 cm³/mol. The fourth-order valence-electron chi connectivity index (χ4n) is 2.05. The van der Waals surface area contributed by atoms with Gasteiger partial charge in [0.1, 0.15) is 31.0 Å². The highest BCUT2D eigenvalue weighted by atomic mass is 16.6. The molecule has 1 aliphatic rings. The van der Waals surface area contributed by atoms with E-state index in [1.54, 1.807) is 6.08 Å². The van der Waals surface area contributed by atoms with Crippen molar-refractivity contribution < 1.29 is 34.0 Å². The lowest BCUT2D eigenvalue weighted by Gasteiger charge is -2.41. The summed E-state index contributed by atoms with van der Waals surface area (Å²) in [6, 6.07) is 0. The minimum Gasteiger partial charge on any atom is -0.463 e. The van der Waals surface area contributed by atoms with Gasteiger partial charge in [-0.15, -0.1) is 6.58 Å². The number of esters is 2. The molecule has 0 amide bonds. The number of hydrogen-bond donors (Lipinski definition) is 2. The van der Waals surface area contributed by atoms with E-state index in [0.717, 1.165) is 0 Å². The third-order valence-corrected chi connectivity index (χ3v) is 2.94. The normalized spacial score (nSPS) is 33.3. The van der Waals surface area contributed by atoms with Gasteiger partial charge in [0.05, 0.1) is 0 Å². The minimum atomic E-state index is -1.32. The van der Waals surface area contributed by atoms with Crippen LogP contribution in [0.15, 0.2) is 12.7 Å². The van der Waals surface area contributed by atoms with Crippen LogP contribution in [-0.4, -0.2) is 59.3 Å². The molecule has 7 nitrogen and oxygen atoms in total. The number of carbonyl (C=O) groups is 2. The number of aliphatic hydroxyl groups is 2. The first kappa shape index (κ1) is 16.6. The molecule has 20 heavy (non-hydrogen) atoms. The van der Waals surface area contributed by atoms with Crippen LogP contribution in [0.1, 0.15) is 20.3 Å². The van der Waals surface area contributed by atoms with Gasteiger partial charge >= 0.3 is 11.9 Å². The highest BCUT2D eigenvalue weighted by Crippen LogP contribution is 2.26. The summed E-state index contributed by atoms with van der Waals surface area (Å²) >= 11 is 0. The second kappa shape index (κ2) is 7.37. The van der Waals surface area contributed by atoms with Crippen molar-refractivity contribution in [3.8, 4) is 0 Å². The molecule has 1 rings (SSSR count). The van der Waals surface area contributed by atoms with Gasteiger partial charge in [-0.25, -0.2) is 0 Å². The smallest absolute Gasteiger partial charge is 0.303 e. The number of hydrogen-bond acceptors (Lipinski definition) is 7. The van der Waals surface area contributed by atoms with Crippen LogP contribution in [0.3, 0.4) is 0 Å². The molecule has 5 atom stereocenters. The molecule has 0 bridgehead atoms. The summed E-state index contributed by atoms with van der Waals surface area (Å²) in [5, 5.41) is 20.0. The summed E-state index contributed by atoms with van der Waals surface area (Å²) in [6.45, 7) is 5.81.